The van der Waals surface area contributed by atoms with Gasteiger partial charge in [-0.05, 0) is 44.9 Å². The largest absolute Gasteiger partial charge is 0.354 e. The van der Waals surface area contributed by atoms with Gasteiger partial charge >= 0.3 is 0 Å². The summed E-state index contributed by atoms with van der Waals surface area (Å²) in [6.45, 7) is 8.21. The van der Waals surface area contributed by atoms with E-state index in [0.29, 0.717) is 17.6 Å². The first kappa shape index (κ1) is 11.5. The topological polar surface area (TPSA) is 29.6 Å². The Bertz CT molecular complexity index is 375. The van der Waals surface area contributed by atoms with Crippen molar-refractivity contribution >= 4 is 5.78 Å². The summed E-state index contributed by atoms with van der Waals surface area (Å²) in [7, 11) is 0. The van der Waals surface area contributed by atoms with Crippen molar-refractivity contribution in [2.45, 2.75) is 57.2 Å². The highest BCUT2D eigenvalue weighted by molar-refractivity contribution is 5.95. The highest BCUT2D eigenvalue weighted by Crippen LogP contribution is 2.67. The molecule has 0 unspecified atom stereocenters. The molecule has 3 rings (SSSR count). The number of ether oxygens (including phenoxy) is 1. The van der Waals surface area contributed by atoms with Crippen LogP contribution in [0.25, 0.3) is 0 Å². The molecule has 17 heavy (non-hydrogen) atoms. The van der Waals surface area contributed by atoms with Crippen molar-refractivity contribution in [3.05, 3.63) is 12.7 Å². The van der Waals surface area contributed by atoms with E-state index in [1.165, 1.54) is 6.42 Å². The van der Waals surface area contributed by atoms with Gasteiger partial charge in [-0.3, -0.25) is 4.79 Å². The second-order valence-electron chi connectivity index (χ2n) is 6.35. The average Bonchev–Trinajstić information content (AvgIpc) is 2.83. The Labute approximate surface area is 103 Å². The summed E-state index contributed by atoms with van der Waals surface area (Å²) < 4.78 is 5.99. The van der Waals surface area contributed by atoms with Crippen LogP contribution in [0.5, 0.6) is 0 Å². The maximum absolute atomic E-state index is 12.8. The van der Waals surface area contributed by atoms with Crippen LogP contribution in [0.15, 0.2) is 12.7 Å². The maximum atomic E-state index is 12.8. The summed E-state index contributed by atoms with van der Waals surface area (Å²) in [6, 6.07) is 0. The Morgan fingerprint density at radius 1 is 1.47 bits per heavy atom. The fourth-order valence-corrected chi connectivity index (χ4v) is 4.37. The molecule has 0 bridgehead atoms. The monoisotopic (exact) mass is 234 g/mol. The van der Waals surface area contributed by atoms with Crippen molar-refractivity contribution in [2.75, 3.05) is 0 Å². The molecular formula is C15H22O2. The molecule has 5 atom stereocenters. The summed E-state index contributed by atoms with van der Waals surface area (Å²) in [5.74, 6) is 1.62. The lowest BCUT2D eigenvalue weighted by Gasteiger charge is -2.23. The first-order valence-electron chi connectivity index (χ1n) is 6.90. The third-order valence-corrected chi connectivity index (χ3v) is 5.43. The van der Waals surface area contributed by atoms with Crippen LogP contribution in [0.3, 0.4) is 0 Å². The Hall–Kier alpha value is -0.630. The zero-order valence-corrected chi connectivity index (χ0v) is 10.9. The van der Waals surface area contributed by atoms with Gasteiger partial charge in [0.15, 0.2) is 11.4 Å². The van der Waals surface area contributed by atoms with E-state index in [4.69, 9.17) is 4.74 Å². The van der Waals surface area contributed by atoms with Gasteiger partial charge in [0.25, 0.3) is 0 Å². The Kier molecular flexibility index (Phi) is 2.32. The molecule has 1 saturated heterocycles. The molecule has 0 aromatic heterocycles. The second-order valence-corrected chi connectivity index (χ2v) is 6.35. The van der Waals surface area contributed by atoms with Crippen LogP contribution in [-0.4, -0.2) is 17.0 Å². The van der Waals surface area contributed by atoms with Crippen molar-refractivity contribution in [1.82, 2.24) is 0 Å². The summed E-state index contributed by atoms with van der Waals surface area (Å²) in [5.41, 5.74) is -0.538. The Morgan fingerprint density at radius 3 is 2.88 bits per heavy atom. The van der Waals surface area contributed by atoms with Gasteiger partial charge in [-0.2, -0.15) is 0 Å². The van der Waals surface area contributed by atoms with Gasteiger partial charge in [-0.1, -0.05) is 13.0 Å². The highest BCUT2D eigenvalue weighted by atomic mass is 16.6. The Balaban J connectivity index is 1.96. The minimum absolute atomic E-state index is 0.132. The number of Topliss-reactive ketones (excluding diaryl/α,β-unsaturated/α-hetero) is 1. The molecule has 2 heteroatoms. The zero-order valence-electron chi connectivity index (χ0n) is 10.9. The summed E-state index contributed by atoms with van der Waals surface area (Å²) in [4.78, 5) is 12.8. The van der Waals surface area contributed by atoms with Crippen molar-refractivity contribution in [3.8, 4) is 0 Å². The summed E-state index contributed by atoms with van der Waals surface area (Å²) in [6.07, 6.45) is 7.12. The van der Waals surface area contributed by atoms with Crippen LogP contribution in [-0.2, 0) is 9.53 Å². The first-order chi connectivity index (χ1) is 8.05. The average molecular weight is 234 g/mol. The lowest BCUT2D eigenvalue weighted by atomic mass is 9.78. The van der Waals surface area contributed by atoms with Crippen molar-refractivity contribution < 1.29 is 9.53 Å². The highest BCUT2D eigenvalue weighted by Gasteiger charge is 2.79. The van der Waals surface area contributed by atoms with E-state index in [1.807, 2.05) is 6.08 Å². The smallest absolute Gasteiger partial charge is 0.171 e. The van der Waals surface area contributed by atoms with Crippen molar-refractivity contribution in [1.29, 1.82) is 0 Å². The quantitative estimate of drug-likeness (QED) is 0.542. The molecule has 0 radical (unpaired) electrons. The van der Waals surface area contributed by atoms with E-state index < -0.39 is 5.60 Å². The fourth-order valence-electron chi connectivity index (χ4n) is 4.37. The molecular weight excluding hydrogens is 212 g/mol. The van der Waals surface area contributed by atoms with E-state index in [1.54, 1.807) is 0 Å². The normalized spacial score (nSPS) is 52.6. The molecule has 0 N–H and O–H groups in total. The van der Waals surface area contributed by atoms with E-state index in [-0.39, 0.29) is 11.5 Å². The number of hydrogen-bond acceptors (Lipinski definition) is 2. The fraction of sp³-hybridized carbons (Fsp3) is 0.800. The number of epoxide rings is 1. The van der Waals surface area contributed by atoms with Crippen molar-refractivity contribution in [3.63, 3.8) is 0 Å². The van der Waals surface area contributed by atoms with E-state index in [9.17, 15) is 4.79 Å². The minimum Gasteiger partial charge on any atom is -0.354 e. The predicted molar refractivity (Wildman–Crippen MR) is 66.7 cm³/mol. The van der Waals surface area contributed by atoms with Crippen LogP contribution in [0.2, 0.25) is 0 Å². The third-order valence-electron chi connectivity index (χ3n) is 5.43. The molecule has 0 aromatic rings. The maximum Gasteiger partial charge on any atom is 0.171 e. The standard InChI is InChI=1S/C15H22O2/c1-4-5-11-7-6-10(2)12-8-9-14(3)15(12,17-14)13(11)16/h4,10-12H,1,5-9H2,2-3H3/t10-,11+,12-,14+,15+/m0/s1. The molecule has 3 fully saturated rings. The summed E-state index contributed by atoms with van der Waals surface area (Å²) >= 11 is 0. The van der Waals surface area contributed by atoms with Gasteiger partial charge in [0.1, 0.15) is 5.60 Å². The Morgan fingerprint density at radius 2 is 2.24 bits per heavy atom. The van der Waals surface area contributed by atoms with E-state index in [2.05, 4.69) is 20.4 Å². The number of carbonyl (C=O) groups is 1. The number of hydrogen-bond donors (Lipinski definition) is 0. The first-order valence-corrected chi connectivity index (χ1v) is 6.90. The minimum atomic E-state index is -0.406. The van der Waals surface area contributed by atoms with Gasteiger partial charge in [-0.15, -0.1) is 6.58 Å². The van der Waals surface area contributed by atoms with Crippen LogP contribution >= 0.6 is 0 Å². The van der Waals surface area contributed by atoms with Crippen LogP contribution in [0.1, 0.15) is 46.0 Å². The van der Waals surface area contributed by atoms with E-state index in [0.717, 1.165) is 25.7 Å². The molecule has 1 spiro atoms. The van der Waals surface area contributed by atoms with Crippen LogP contribution in [0, 0.1) is 17.8 Å². The molecule has 2 nitrogen and oxygen atoms in total. The molecule has 0 amide bonds. The van der Waals surface area contributed by atoms with Crippen LogP contribution < -0.4 is 0 Å². The molecule has 3 aliphatic rings. The van der Waals surface area contributed by atoms with Gasteiger partial charge in [0.05, 0.1) is 0 Å². The van der Waals surface area contributed by atoms with Gasteiger partial charge in [0.2, 0.25) is 0 Å². The predicted octanol–water partition coefficient (Wildman–Crippen LogP) is 3.12. The molecule has 2 aliphatic carbocycles. The number of rotatable bonds is 2. The third kappa shape index (κ3) is 1.28. The molecule has 1 heterocycles. The molecule has 2 saturated carbocycles. The van der Waals surface area contributed by atoms with Crippen LogP contribution in [0.4, 0.5) is 0 Å². The van der Waals surface area contributed by atoms with Gasteiger partial charge < -0.3 is 4.74 Å². The van der Waals surface area contributed by atoms with Gasteiger partial charge in [-0.25, -0.2) is 0 Å². The number of allylic oxidation sites excluding steroid dienone is 1. The number of carbonyl (C=O) groups excluding carboxylic acids is 1. The molecule has 0 aromatic carbocycles. The second kappa shape index (κ2) is 3.44. The van der Waals surface area contributed by atoms with E-state index >= 15 is 0 Å². The SMILES string of the molecule is C=CC[C@@H]1CC[C@H](C)[C@@H]2CC[C@@]3(C)O[C@@]23C1=O. The van der Waals surface area contributed by atoms with Crippen molar-refractivity contribution in [2.24, 2.45) is 17.8 Å². The lowest BCUT2D eigenvalue weighted by molar-refractivity contribution is -0.129. The lowest BCUT2D eigenvalue weighted by Crippen LogP contribution is -2.39. The summed E-state index contributed by atoms with van der Waals surface area (Å²) in [5, 5.41) is 0. The number of ketones is 1. The van der Waals surface area contributed by atoms with Gasteiger partial charge in [0, 0.05) is 11.8 Å². The molecule has 1 aliphatic heterocycles. The zero-order chi connectivity index (χ0) is 12.3. The molecule has 94 valence electrons.